The molecule has 3 heterocycles. The van der Waals surface area contributed by atoms with Gasteiger partial charge in [0.15, 0.2) is 0 Å². The minimum Gasteiger partial charge on any atom is -0.369 e. The maximum Gasteiger partial charge on any atom is 0.272 e. The molecule has 0 spiro atoms. The molecule has 4 rings (SSSR count). The molecule has 0 saturated carbocycles. The quantitative estimate of drug-likeness (QED) is 0.737. The third-order valence-electron chi connectivity index (χ3n) is 5.13. The Kier molecular flexibility index (Phi) is 5.00. The van der Waals surface area contributed by atoms with Crippen molar-refractivity contribution in [3.8, 4) is 16.3 Å². The molecular weight excluding hydrogens is 372 g/mol. The zero-order valence-corrected chi connectivity index (χ0v) is 16.5. The highest BCUT2D eigenvalue weighted by molar-refractivity contribution is 7.13. The van der Waals surface area contributed by atoms with Gasteiger partial charge in [0.1, 0.15) is 11.4 Å². The van der Waals surface area contributed by atoms with Crippen molar-refractivity contribution in [2.24, 2.45) is 11.7 Å². The van der Waals surface area contributed by atoms with Gasteiger partial charge in [0, 0.05) is 19.0 Å². The molecule has 0 unspecified atom stereocenters. The van der Waals surface area contributed by atoms with E-state index in [0.717, 1.165) is 21.8 Å². The van der Waals surface area contributed by atoms with Crippen LogP contribution in [0, 0.1) is 12.8 Å². The Hall–Kier alpha value is -2.93. The number of benzene rings is 1. The zero-order valence-electron chi connectivity index (χ0n) is 15.7. The molecule has 0 aliphatic carbocycles. The van der Waals surface area contributed by atoms with Crippen molar-refractivity contribution in [1.29, 1.82) is 0 Å². The smallest absolute Gasteiger partial charge is 0.272 e. The van der Waals surface area contributed by atoms with Gasteiger partial charge in [-0.2, -0.15) is 5.10 Å². The van der Waals surface area contributed by atoms with Gasteiger partial charge in [-0.25, -0.2) is 4.68 Å². The van der Waals surface area contributed by atoms with Crippen LogP contribution in [0.15, 0.2) is 47.8 Å². The number of piperidine rings is 1. The number of primary amides is 1. The predicted molar refractivity (Wildman–Crippen MR) is 109 cm³/mol. The first-order valence-electron chi connectivity index (χ1n) is 9.32. The molecule has 0 bridgehead atoms. The molecule has 1 fully saturated rings. The first-order valence-corrected chi connectivity index (χ1v) is 10.2. The van der Waals surface area contributed by atoms with E-state index in [0.29, 0.717) is 31.6 Å². The summed E-state index contributed by atoms with van der Waals surface area (Å²) in [7, 11) is 0. The third-order valence-corrected chi connectivity index (χ3v) is 6.03. The van der Waals surface area contributed by atoms with Crippen molar-refractivity contribution in [3.05, 3.63) is 59.1 Å². The fourth-order valence-corrected chi connectivity index (χ4v) is 4.25. The van der Waals surface area contributed by atoms with Crippen molar-refractivity contribution in [3.63, 3.8) is 0 Å². The number of likely N-dealkylation sites (tertiary alicyclic amines) is 1. The minimum atomic E-state index is -0.281. The Morgan fingerprint density at radius 1 is 1.14 bits per heavy atom. The van der Waals surface area contributed by atoms with Crippen LogP contribution in [0.5, 0.6) is 0 Å². The predicted octanol–water partition coefficient (Wildman–Crippen LogP) is 3.25. The second-order valence-electron chi connectivity index (χ2n) is 7.11. The SMILES string of the molecule is Cc1cccc(-n2nc(-c3cccs3)cc2C(=O)N2CCC(C(N)=O)CC2)c1. The maximum absolute atomic E-state index is 13.3. The van der Waals surface area contributed by atoms with Gasteiger partial charge in [-0.15, -0.1) is 11.3 Å². The van der Waals surface area contributed by atoms with Gasteiger partial charge in [-0.05, 0) is 55.0 Å². The van der Waals surface area contributed by atoms with Crippen LogP contribution in [-0.4, -0.2) is 39.6 Å². The summed E-state index contributed by atoms with van der Waals surface area (Å²) >= 11 is 1.60. The van der Waals surface area contributed by atoms with Crippen LogP contribution in [-0.2, 0) is 4.79 Å². The van der Waals surface area contributed by atoms with Crippen molar-refractivity contribution in [2.75, 3.05) is 13.1 Å². The van der Waals surface area contributed by atoms with E-state index >= 15 is 0 Å². The van der Waals surface area contributed by atoms with Crippen LogP contribution in [0.2, 0.25) is 0 Å². The number of aryl methyl sites for hydroxylation is 1. The normalized spacial score (nSPS) is 15.0. The number of carbonyl (C=O) groups excluding carboxylic acids is 2. The second-order valence-corrected chi connectivity index (χ2v) is 8.06. The summed E-state index contributed by atoms with van der Waals surface area (Å²) in [6.45, 7) is 3.07. The molecule has 7 heteroatoms. The Bertz CT molecular complexity index is 1000. The summed E-state index contributed by atoms with van der Waals surface area (Å²) in [4.78, 5) is 27.5. The number of hydrogen-bond donors (Lipinski definition) is 1. The molecule has 6 nitrogen and oxygen atoms in total. The maximum atomic E-state index is 13.3. The molecule has 0 atom stereocenters. The second kappa shape index (κ2) is 7.59. The number of nitrogens with two attached hydrogens (primary N) is 1. The first-order chi connectivity index (χ1) is 13.5. The molecule has 144 valence electrons. The number of hydrogen-bond acceptors (Lipinski definition) is 4. The van der Waals surface area contributed by atoms with Crippen LogP contribution in [0.25, 0.3) is 16.3 Å². The highest BCUT2D eigenvalue weighted by Crippen LogP contribution is 2.27. The van der Waals surface area contributed by atoms with Gasteiger partial charge < -0.3 is 10.6 Å². The number of nitrogens with zero attached hydrogens (tertiary/aromatic N) is 3. The number of carbonyl (C=O) groups is 2. The van der Waals surface area contributed by atoms with Gasteiger partial charge in [0.2, 0.25) is 5.91 Å². The van der Waals surface area contributed by atoms with Crippen molar-refractivity contribution in [1.82, 2.24) is 14.7 Å². The fourth-order valence-electron chi connectivity index (χ4n) is 3.56. The monoisotopic (exact) mass is 394 g/mol. The molecule has 1 aliphatic rings. The number of thiophene rings is 1. The van der Waals surface area contributed by atoms with Gasteiger partial charge in [-0.1, -0.05) is 18.2 Å². The lowest BCUT2D eigenvalue weighted by molar-refractivity contribution is -0.123. The lowest BCUT2D eigenvalue weighted by Crippen LogP contribution is -2.42. The van der Waals surface area contributed by atoms with Crippen LogP contribution in [0.4, 0.5) is 0 Å². The summed E-state index contributed by atoms with van der Waals surface area (Å²) in [5, 5.41) is 6.73. The largest absolute Gasteiger partial charge is 0.369 e. The summed E-state index contributed by atoms with van der Waals surface area (Å²) in [5.41, 5.74) is 8.70. The highest BCUT2D eigenvalue weighted by Gasteiger charge is 2.29. The van der Waals surface area contributed by atoms with E-state index in [-0.39, 0.29) is 17.7 Å². The zero-order chi connectivity index (χ0) is 19.7. The summed E-state index contributed by atoms with van der Waals surface area (Å²) in [6.07, 6.45) is 1.22. The van der Waals surface area contributed by atoms with Gasteiger partial charge in [0.25, 0.3) is 5.91 Å². The molecule has 1 aliphatic heterocycles. The van der Waals surface area contributed by atoms with Crippen molar-refractivity contribution < 1.29 is 9.59 Å². The standard InChI is InChI=1S/C21H22N4O2S/c1-14-4-2-5-16(12-14)25-18(13-17(23-25)19-6-3-11-28-19)21(27)24-9-7-15(8-10-24)20(22)26/h2-6,11-13,15H,7-10H2,1H3,(H2,22,26). The molecule has 2 aromatic heterocycles. The molecule has 2 amide bonds. The molecule has 28 heavy (non-hydrogen) atoms. The molecule has 2 N–H and O–H groups in total. The Labute approximate surface area is 167 Å². The van der Waals surface area contributed by atoms with Crippen LogP contribution in [0.3, 0.4) is 0 Å². The van der Waals surface area contributed by atoms with Crippen molar-refractivity contribution >= 4 is 23.2 Å². The van der Waals surface area contributed by atoms with E-state index in [1.165, 1.54) is 0 Å². The van der Waals surface area contributed by atoms with Gasteiger partial charge in [0.05, 0.1) is 10.6 Å². The minimum absolute atomic E-state index is 0.0697. The number of amides is 2. The Morgan fingerprint density at radius 3 is 2.57 bits per heavy atom. The highest BCUT2D eigenvalue weighted by atomic mass is 32.1. The van der Waals surface area contributed by atoms with E-state index < -0.39 is 0 Å². The molecule has 0 radical (unpaired) electrons. The third kappa shape index (κ3) is 3.57. The summed E-state index contributed by atoms with van der Waals surface area (Å²) < 4.78 is 1.73. The molecule has 3 aromatic rings. The van der Waals surface area contributed by atoms with Crippen LogP contribution >= 0.6 is 11.3 Å². The van der Waals surface area contributed by atoms with E-state index in [9.17, 15) is 9.59 Å². The van der Waals surface area contributed by atoms with Crippen LogP contribution < -0.4 is 5.73 Å². The Morgan fingerprint density at radius 2 is 1.93 bits per heavy atom. The lowest BCUT2D eigenvalue weighted by atomic mass is 9.96. The van der Waals surface area contributed by atoms with E-state index in [2.05, 4.69) is 0 Å². The molecule has 1 aromatic carbocycles. The fraction of sp³-hybridized carbons (Fsp3) is 0.286. The Balaban J connectivity index is 1.69. The number of aromatic nitrogens is 2. The van der Waals surface area contributed by atoms with E-state index in [4.69, 9.17) is 10.8 Å². The lowest BCUT2D eigenvalue weighted by Gasteiger charge is -2.30. The molecule has 1 saturated heterocycles. The number of rotatable bonds is 4. The summed E-state index contributed by atoms with van der Waals surface area (Å²) in [5.74, 6) is -0.496. The van der Waals surface area contributed by atoms with Crippen molar-refractivity contribution in [2.45, 2.75) is 19.8 Å². The van der Waals surface area contributed by atoms with E-state index in [1.807, 2.05) is 54.8 Å². The average molecular weight is 395 g/mol. The topological polar surface area (TPSA) is 81.2 Å². The van der Waals surface area contributed by atoms with Gasteiger partial charge in [-0.3, -0.25) is 9.59 Å². The van der Waals surface area contributed by atoms with Gasteiger partial charge >= 0.3 is 0 Å². The van der Waals surface area contributed by atoms with E-state index in [1.54, 1.807) is 20.9 Å². The summed E-state index contributed by atoms with van der Waals surface area (Å²) in [6, 6.07) is 13.8. The first kappa shape index (κ1) is 18.4. The van der Waals surface area contributed by atoms with Crippen LogP contribution in [0.1, 0.15) is 28.9 Å². The molecular formula is C21H22N4O2S. The average Bonchev–Trinajstić information content (AvgIpc) is 3.37.